The van der Waals surface area contributed by atoms with Crippen molar-refractivity contribution in [1.29, 1.82) is 10.5 Å². The lowest BCUT2D eigenvalue weighted by molar-refractivity contribution is -0.137. The molecule has 0 unspecified atom stereocenters. The Morgan fingerprint density at radius 2 is 0.726 bits per heavy atom. The highest BCUT2D eigenvalue weighted by Gasteiger charge is 2.32. The molecule has 0 aliphatic carbocycles. The van der Waals surface area contributed by atoms with Crippen LogP contribution < -0.4 is 0 Å². The van der Waals surface area contributed by atoms with Crippen molar-refractivity contribution in [2.45, 2.75) is 111 Å². The molecule has 7 heteroatoms. The first-order valence-electron chi connectivity index (χ1n) is 21.2. The summed E-state index contributed by atoms with van der Waals surface area (Å²) in [5, 5.41) is 26.1. The Balaban J connectivity index is 1.57. The number of hydrogen-bond acceptors (Lipinski definition) is 2. The highest BCUT2D eigenvalue weighted by Crippen LogP contribution is 2.44. The van der Waals surface area contributed by atoms with E-state index in [-0.39, 0.29) is 27.2 Å². The first-order chi connectivity index (χ1) is 28.8. The summed E-state index contributed by atoms with van der Waals surface area (Å²) in [6, 6.07) is 37.7. The number of fused-ring (bicyclic) bond motifs is 6. The molecule has 4 nitrogen and oxygen atoms in total. The molecule has 62 heavy (non-hydrogen) atoms. The normalized spacial score (nSPS) is 13.0. The zero-order valence-electron chi connectivity index (χ0n) is 37.7. The molecule has 6 aromatic carbocycles. The molecule has 0 saturated carbocycles. The van der Waals surface area contributed by atoms with E-state index in [2.05, 4.69) is 177 Å². The van der Waals surface area contributed by atoms with Crippen molar-refractivity contribution in [3.8, 4) is 34.6 Å². The molecule has 8 rings (SSSR count). The molecule has 0 aliphatic heterocycles. The van der Waals surface area contributed by atoms with E-state index in [1.807, 2.05) is 12.1 Å². The minimum Gasteiger partial charge on any atom is -0.308 e. The average Bonchev–Trinajstić information content (AvgIpc) is 3.69. The van der Waals surface area contributed by atoms with Crippen LogP contribution in [0.2, 0.25) is 0 Å². The van der Waals surface area contributed by atoms with Crippen molar-refractivity contribution in [3.63, 3.8) is 0 Å². The minimum absolute atomic E-state index is 0.111. The number of rotatable bonds is 3. The predicted octanol–water partition coefficient (Wildman–Crippen LogP) is 15.5. The van der Waals surface area contributed by atoms with E-state index in [1.54, 1.807) is 0 Å². The van der Waals surface area contributed by atoms with Crippen molar-refractivity contribution in [3.05, 3.63) is 142 Å². The largest absolute Gasteiger partial charge is 0.416 e. The third kappa shape index (κ3) is 7.12. The van der Waals surface area contributed by atoms with Gasteiger partial charge >= 0.3 is 6.18 Å². The Bertz CT molecular complexity index is 2910. The molecule has 0 spiro atoms. The van der Waals surface area contributed by atoms with Gasteiger partial charge in [0.2, 0.25) is 0 Å². The first kappa shape index (κ1) is 42.4. The van der Waals surface area contributed by atoms with Gasteiger partial charge in [-0.15, -0.1) is 0 Å². The van der Waals surface area contributed by atoms with Crippen LogP contribution in [-0.2, 0) is 27.8 Å². The van der Waals surface area contributed by atoms with Gasteiger partial charge < -0.3 is 9.13 Å². The second-order valence-corrected chi connectivity index (χ2v) is 21.0. The van der Waals surface area contributed by atoms with E-state index in [4.69, 9.17) is 0 Å². The summed E-state index contributed by atoms with van der Waals surface area (Å²) in [5.74, 6) is 0. The number of benzene rings is 6. The van der Waals surface area contributed by atoms with Gasteiger partial charge in [-0.05, 0) is 128 Å². The number of halogens is 3. The number of aromatic nitrogens is 2. The molecule has 0 bridgehead atoms. The molecule has 314 valence electrons. The lowest BCUT2D eigenvalue weighted by Crippen LogP contribution is -2.11. The predicted molar refractivity (Wildman–Crippen MR) is 250 cm³/mol. The van der Waals surface area contributed by atoms with Gasteiger partial charge in [-0.25, -0.2) is 0 Å². The molecular formula is C55H53F3N4. The molecule has 8 aromatic rings. The maximum Gasteiger partial charge on any atom is 0.416 e. The zero-order valence-corrected chi connectivity index (χ0v) is 37.7. The monoisotopic (exact) mass is 826 g/mol. The van der Waals surface area contributed by atoms with Crippen molar-refractivity contribution >= 4 is 43.6 Å². The van der Waals surface area contributed by atoms with Gasteiger partial charge in [0.25, 0.3) is 0 Å². The van der Waals surface area contributed by atoms with E-state index in [1.165, 1.54) is 6.07 Å². The lowest BCUT2D eigenvalue weighted by atomic mass is 9.85. The van der Waals surface area contributed by atoms with E-state index in [0.717, 1.165) is 78.0 Å². The third-order valence-electron chi connectivity index (χ3n) is 12.5. The van der Waals surface area contributed by atoms with E-state index >= 15 is 0 Å². The molecule has 2 aromatic heterocycles. The summed E-state index contributed by atoms with van der Waals surface area (Å²) in [7, 11) is 0. The molecule has 0 radical (unpaired) electrons. The number of alkyl halides is 3. The van der Waals surface area contributed by atoms with Gasteiger partial charge in [-0.1, -0.05) is 113 Å². The Labute approximate surface area is 362 Å². The Morgan fingerprint density at radius 3 is 1.00 bits per heavy atom. The summed E-state index contributed by atoms with van der Waals surface area (Å²) in [4.78, 5) is 0. The van der Waals surface area contributed by atoms with Crippen molar-refractivity contribution in [1.82, 2.24) is 9.13 Å². The number of nitriles is 2. The molecule has 0 fully saturated rings. The smallest absolute Gasteiger partial charge is 0.308 e. The molecule has 2 heterocycles. The lowest BCUT2D eigenvalue weighted by Gasteiger charge is -2.21. The van der Waals surface area contributed by atoms with Crippen LogP contribution in [0.3, 0.4) is 0 Å². The fourth-order valence-electron chi connectivity index (χ4n) is 8.73. The van der Waals surface area contributed by atoms with Crippen LogP contribution in [0.5, 0.6) is 0 Å². The van der Waals surface area contributed by atoms with Crippen LogP contribution in [0.1, 0.15) is 122 Å². The van der Waals surface area contributed by atoms with Crippen LogP contribution in [0, 0.1) is 22.7 Å². The van der Waals surface area contributed by atoms with E-state index < -0.39 is 11.7 Å². The fourth-order valence-corrected chi connectivity index (χ4v) is 8.73. The number of hydrogen-bond donors (Lipinski definition) is 0. The van der Waals surface area contributed by atoms with Crippen LogP contribution in [0.4, 0.5) is 13.2 Å². The average molecular weight is 827 g/mol. The van der Waals surface area contributed by atoms with E-state index in [9.17, 15) is 23.7 Å². The molecule has 0 amide bonds. The quantitative estimate of drug-likeness (QED) is 0.178. The molecule has 0 saturated heterocycles. The van der Waals surface area contributed by atoms with Gasteiger partial charge in [0.15, 0.2) is 0 Å². The molecule has 0 atom stereocenters. The van der Waals surface area contributed by atoms with Gasteiger partial charge in [0.1, 0.15) is 11.6 Å². The van der Waals surface area contributed by atoms with Crippen LogP contribution in [0.15, 0.2) is 103 Å². The van der Waals surface area contributed by atoms with Crippen molar-refractivity contribution < 1.29 is 13.2 Å². The van der Waals surface area contributed by atoms with Gasteiger partial charge in [0, 0.05) is 21.5 Å². The summed E-state index contributed by atoms with van der Waals surface area (Å²) in [6.07, 6.45) is -4.63. The summed E-state index contributed by atoms with van der Waals surface area (Å²) in [5.41, 5.74) is 9.01. The molecule has 0 aliphatic rings. The first-order valence-corrected chi connectivity index (χ1v) is 21.2. The third-order valence-corrected chi connectivity index (χ3v) is 12.5. The van der Waals surface area contributed by atoms with E-state index in [0.29, 0.717) is 28.1 Å². The second-order valence-electron chi connectivity index (χ2n) is 21.0. The highest BCUT2D eigenvalue weighted by atomic mass is 19.4. The highest BCUT2D eigenvalue weighted by molar-refractivity contribution is 6.12. The van der Waals surface area contributed by atoms with Gasteiger partial charge in [-0.2, -0.15) is 23.7 Å². The minimum atomic E-state index is -4.63. The van der Waals surface area contributed by atoms with Crippen molar-refractivity contribution in [2.75, 3.05) is 0 Å². The summed E-state index contributed by atoms with van der Waals surface area (Å²) < 4.78 is 46.5. The zero-order chi connectivity index (χ0) is 45.1. The number of nitrogens with zero attached hydrogens (tertiary/aromatic N) is 4. The Morgan fingerprint density at radius 1 is 0.403 bits per heavy atom. The Hall–Kier alpha value is -6.31. The fraction of sp³-hybridized carbons (Fsp3) is 0.309. The summed E-state index contributed by atoms with van der Waals surface area (Å²) >= 11 is 0. The second kappa shape index (κ2) is 14.1. The van der Waals surface area contributed by atoms with Crippen LogP contribution >= 0.6 is 0 Å². The molecule has 0 N–H and O–H groups in total. The van der Waals surface area contributed by atoms with Gasteiger partial charge in [-0.3, -0.25) is 0 Å². The SMILES string of the molecule is CC(C)(C)c1ccc2c(c1)c1cc(C(C)(C)C)ccc1n2-c1cc(-c2ccc(C(F)(F)F)cc2C#N)cc(-n2c3ccc(C(C)(C)C)cc3c3cc(C(C)(C)C)ccc32)c1C#N. The van der Waals surface area contributed by atoms with Crippen LogP contribution in [-0.4, -0.2) is 9.13 Å². The Kier molecular flexibility index (Phi) is 9.65. The van der Waals surface area contributed by atoms with Gasteiger partial charge in [0.05, 0.1) is 50.6 Å². The standard InChI is InChI=1S/C55H53F3N4/c1-51(2,3)34-14-19-45-40(26-34)41-27-35(52(4,5)6)15-20-46(41)61(45)49-24-32(39-18-13-38(55(56,57)58)23-33(39)30-59)25-50(44(49)31-60)62-47-21-16-36(53(7,8)9)28-42(47)43-29-37(54(10,11)12)17-22-48(43)62/h13-29H,1-12H3. The maximum absolute atomic E-state index is 14.1. The van der Waals surface area contributed by atoms with Crippen molar-refractivity contribution in [2.24, 2.45) is 0 Å². The topological polar surface area (TPSA) is 57.4 Å². The van der Waals surface area contributed by atoms with Crippen LogP contribution in [0.25, 0.3) is 66.1 Å². The molecular weight excluding hydrogens is 774 g/mol. The maximum atomic E-state index is 14.1. The summed E-state index contributed by atoms with van der Waals surface area (Å²) in [6.45, 7) is 26.3.